The summed E-state index contributed by atoms with van der Waals surface area (Å²) >= 11 is 0. The first kappa shape index (κ1) is 13.9. The van der Waals surface area contributed by atoms with Crippen molar-refractivity contribution >= 4 is 28.4 Å². The minimum absolute atomic E-state index is 0.464. The van der Waals surface area contributed by atoms with Crippen LogP contribution in [0.2, 0.25) is 0 Å². The molecule has 3 aromatic rings. The normalized spacial score (nSPS) is 15.0. The van der Waals surface area contributed by atoms with Crippen molar-refractivity contribution in [1.29, 1.82) is 0 Å². The zero-order valence-corrected chi connectivity index (χ0v) is 12.7. The van der Waals surface area contributed by atoms with Crippen LogP contribution < -0.4 is 10.6 Å². The Hall–Kier alpha value is -2.76. The minimum Gasteiger partial charge on any atom is -0.350 e. The molecule has 23 heavy (non-hydrogen) atoms. The van der Waals surface area contributed by atoms with Crippen LogP contribution in [-0.2, 0) is 0 Å². The molecule has 0 radical (unpaired) electrons. The van der Waals surface area contributed by atoms with Gasteiger partial charge in [-0.15, -0.1) is 5.10 Å². The van der Waals surface area contributed by atoms with E-state index >= 15 is 0 Å². The quantitative estimate of drug-likeness (QED) is 0.768. The second-order valence-electron chi connectivity index (χ2n) is 5.80. The highest BCUT2D eigenvalue weighted by atomic mass is 15.3. The van der Waals surface area contributed by atoms with Gasteiger partial charge in [0.1, 0.15) is 0 Å². The van der Waals surface area contributed by atoms with Gasteiger partial charge in [-0.2, -0.15) is 10.1 Å². The Morgan fingerprint density at radius 2 is 1.91 bits per heavy atom. The first-order valence-electron chi connectivity index (χ1n) is 7.95. The molecule has 0 amide bonds. The molecule has 4 rings (SSSR count). The molecule has 1 aliphatic rings. The predicted molar refractivity (Wildman–Crippen MR) is 90.7 cm³/mol. The van der Waals surface area contributed by atoms with Crippen molar-refractivity contribution in [3.63, 3.8) is 0 Å². The number of nitrogens with one attached hydrogen (secondary N) is 2. The number of pyridine rings is 1. The Bertz CT molecular complexity index is 808. The van der Waals surface area contributed by atoms with E-state index in [4.69, 9.17) is 0 Å². The van der Waals surface area contributed by atoms with Crippen molar-refractivity contribution in [2.45, 2.75) is 31.7 Å². The number of rotatable bonds is 4. The fourth-order valence-electron chi connectivity index (χ4n) is 3.02. The maximum Gasteiger partial charge on any atom is 0.244 e. The molecule has 1 aliphatic carbocycles. The molecular formula is C17H18N6. The maximum absolute atomic E-state index is 4.51. The Morgan fingerprint density at radius 3 is 2.83 bits per heavy atom. The summed E-state index contributed by atoms with van der Waals surface area (Å²) in [5, 5.41) is 15.9. The zero-order valence-electron chi connectivity index (χ0n) is 12.7. The van der Waals surface area contributed by atoms with Crippen LogP contribution in [-0.4, -0.2) is 26.2 Å². The summed E-state index contributed by atoms with van der Waals surface area (Å²) in [5.41, 5.74) is 1.83. The molecule has 0 saturated heterocycles. The van der Waals surface area contributed by atoms with Crippen LogP contribution in [0.1, 0.15) is 25.7 Å². The number of benzene rings is 1. The lowest BCUT2D eigenvalue weighted by Crippen LogP contribution is -2.17. The molecule has 0 bridgehead atoms. The SMILES string of the molecule is c1cnc2c(Nc3cnnc(NC4CCCC4)n3)cccc2c1. The van der Waals surface area contributed by atoms with Gasteiger partial charge in [0.15, 0.2) is 5.82 Å². The van der Waals surface area contributed by atoms with Crippen LogP contribution in [0.4, 0.5) is 17.5 Å². The van der Waals surface area contributed by atoms with Gasteiger partial charge in [-0.25, -0.2) is 0 Å². The van der Waals surface area contributed by atoms with Gasteiger partial charge in [-0.05, 0) is 25.0 Å². The highest BCUT2D eigenvalue weighted by Crippen LogP contribution is 2.24. The molecule has 2 heterocycles. The van der Waals surface area contributed by atoms with Gasteiger partial charge in [0.25, 0.3) is 0 Å². The zero-order chi connectivity index (χ0) is 15.5. The van der Waals surface area contributed by atoms with Gasteiger partial charge in [-0.1, -0.05) is 31.0 Å². The molecule has 1 saturated carbocycles. The third-order valence-electron chi connectivity index (χ3n) is 4.14. The number of hydrogen-bond acceptors (Lipinski definition) is 6. The van der Waals surface area contributed by atoms with Crippen LogP contribution in [0.25, 0.3) is 10.9 Å². The molecule has 2 N–H and O–H groups in total. The summed E-state index contributed by atoms with van der Waals surface area (Å²) in [5.74, 6) is 1.24. The molecule has 0 unspecified atom stereocenters. The molecule has 1 aromatic carbocycles. The lowest BCUT2D eigenvalue weighted by Gasteiger charge is -2.12. The molecule has 2 aromatic heterocycles. The first-order chi connectivity index (χ1) is 11.4. The predicted octanol–water partition coefficient (Wildman–Crippen LogP) is 3.52. The number of hydrogen-bond donors (Lipinski definition) is 2. The molecule has 0 aliphatic heterocycles. The molecule has 6 heteroatoms. The third-order valence-corrected chi connectivity index (χ3v) is 4.14. The summed E-state index contributed by atoms with van der Waals surface area (Å²) in [7, 11) is 0. The summed E-state index contributed by atoms with van der Waals surface area (Å²) in [6.07, 6.45) is 8.30. The maximum atomic E-state index is 4.51. The molecule has 0 spiro atoms. The van der Waals surface area contributed by atoms with Crippen molar-refractivity contribution in [3.8, 4) is 0 Å². The topological polar surface area (TPSA) is 75.6 Å². The molecule has 6 nitrogen and oxygen atoms in total. The number of aromatic nitrogens is 4. The van der Waals surface area contributed by atoms with Gasteiger partial charge < -0.3 is 10.6 Å². The van der Waals surface area contributed by atoms with Gasteiger partial charge in [0.2, 0.25) is 5.95 Å². The van der Waals surface area contributed by atoms with Crippen LogP contribution in [0, 0.1) is 0 Å². The number of nitrogens with zero attached hydrogens (tertiary/aromatic N) is 4. The lowest BCUT2D eigenvalue weighted by atomic mass is 10.2. The van der Waals surface area contributed by atoms with Crippen molar-refractivity contribution < 1.29 is 0 Å². The van der Waals surface area contributed by atoms with Crippen molar-refractivity contribution in [3.05, 3.63) is 42.7 Å². The second-order valence-corrected chi connectivity index (χ2v) is 5.80. The Morgan fingerprint density at radius 1 is 1.04 bits per heavy atom. The Kier molecular flexibility index (Phi) is 3.71. The molecular weight excluding hydrogens is 288 g/mol. The van der Waals surface area contributed by atoms with Gasteiger partial charge in [0.05, 0.1) is 17.4 Å². The van der Waals surface area contributed by atoms with E-state index in [1.165, 1.54) is 25.7 Å². The first-order valence-corrected chi connectivity index (χ1v) is 7.95. The van der Waals surface area contributed by atoms with E-state index in [9.17, 15) is 0 Å². The fraction of sp³-hybridized carbons (Fsp3) is 0.294. The van der Waals surface area contributed by atoms with Crippen LogP contribution in [0.15, 0.2) is 42.7 Å². The average molecular weight is 306 g/mol. The summed E-state index contributed by atoms with van der Waals surface area (Å²) < 4.78 is 0. The molecule has 0 atom stereocenters. The third kappa shape index (κ3) is 3.06. The molecule has 1 fully saturated rings. The van der Waals surface area contributed by atoms with Crippen molar-refractivity contribution in [1.82, 2.24) is 20.2 Å². The lowest BCUT2D eigenvalue weighted by molar-refractivity contribution is 0.738. The smallest absolute Gasteiger partial charge is 0.244 e. The van der Waals surface area contributed by atoms with E-state index in [2.05, 4.69) is 30.8 Å². The fourth-order valence-corrected chi connectivity index (χ4v) is 3.02. The van der Waals surface area contributed by atoms with E-state index in [1.54, 1.807) is 12.4 Å². The van der Waals surface area contributed by atoms with E-state index in [-0.39, 0.29) is 0 Å². The highest BCUT2D eigenvalue weighted by Gasteiger charge is 2.16. The molecule has 116 valence electrons. The summed E-state index contributed by atoms with van der Waals surface area (Å²) in [6, 6.07) is 10.5. The van der Waals surface area contributed by atoms with Crippen LogP contribution in [0.5, 0.6) is 0 Å². The number of fused-ring (bicyclic) bond motifs is 1. The van der Waals surface area contributed by atoms with Crippen LogP contribution >= 0.6 is 0 Å². The number of anilines is 3. The highest BCUT2D eigenvalue weighted by molar-refractivity contribution is 5.91. The number of para-hydroxylation sites is 1. The Labute approximate surface area is 134 Å². The van der Waals surface area contributed by atoms with Crippen molar-refractivity contribution in [2.24, 2.45) is 0 Å². The Balaban J connectivity index is 1.58. The standard InChI is InChI=1S/C17H18N6/c1-2-8-13(7-1)20-17-22-15(11-19-23-17)21-14-9-3-5-12-6-4-10-18-16(12)14/h3-6,9-11,13H,1-2,7-8H2,(H2,20,21,22,23). The van der Waals surface area contributed by atoms with E-state index < -0.39 is 0 Å². The van der Waals surface area contributed by atoms with Gasteiger partial charge >= 0.3 is 0 Å². The van der Waals surface area contributed by atoms with E-state index in [0.717, 1.165) is 16.6 Å². The largest absolute Gasteiger partial charge is 0.350 e. The summed E-state index contributed by atoms with van der Waals surface area (Å²) in [6.45, 7) is 0. The van der Waals surface area contributed by atoms with Gasteiger partial charge in [0, 0.05) is 17.6 Å². The van der Waals surface area contributed by atoms with E-state index in [0.29, 0.717) is 17.8 Å². The monoisotopic (exact) mass is 306 g/mol. The van der Waals surface area contributed by atoms with E-state index in [1.807, 2.05) is 30.3 Å². The minimum atomic E-state index is 0.464. The van der Waals surface area contributed by atoms with Crippen LogP contribution in [0.3, 0.4) is 0 Å². The second kappa shape index (κ2) is 6.16. The van der Waals surface area contributed by atoms with Crippen molar-refractivity contribution in [2.75, 3.05) is 10.6 Å². The summed E-state index contributed by atoms with van der Waals surface area (Å²) in [4.78, 5) is 8.96. The van der Waals surface area contributed by atoms with Gasteiger partial charge in [-0.3, -0.25) is 4.98 Å². The average Bonchev–Trinajstić information content (AvgIpc) is 3.09.